The van der Waals surface area contributed by atoms with Gasteiger partial charge < -0.3 is 0 Å². The molecular weight excluding hydrogens is 212 g/mol. The Labute approximate surface area is 91.3 Å². The fourth-order valence-corrected chi connectivity index (χ4v) is 1.72. The number of hydrogen-bond donors (Lipinski definition) is 0. The third kappa shape index (κ3) is 2.63. The summed E-state index contributed by atoms with van der Waals surface area (Å²) in [6, 6.07) is 0. The maximum absolute atomic E-state index is 6.07. The predicted octanol–water partition coefficient (Wildman–Crippen LogP) is 2.61. The molecule has 1 heterocycles. The van der Waals surface area contributed by atoms with Crippen LogP contribution in [0.3, 0.4) is 0 Å². The van der Waals surface area contributed by atoms with Crippen LogP contribution in [0, 0.1) is 18.4 Å². The van der Waals surface area contributed by atoms with Gasteiger partial charge >= 0.3 is 0 Å². The second-order valence-electron chi connectivity index (χ2n) is 4.37. The molecule has 0 aliphatic carbocycles. The molecule has 0 atom stereocenters. The second kappa shape index (κ2) is 3.80. The standard InChI is InChI=1S/C10H15ClN2Si/c1-8-10(11)9(13(2)12-8)6-7-14(3,4)5/h1-5H3. The van der Waals surface area contributed by atoms with Crippen molar-refractivity contribution in [3.63, 3.8) is 0 Å². The van der Waals surface area contributed by atoms with Gasteiger partial charge in [0.2, 0.25) is 0 Å². The van der Waals surface area contributed by atoms with E-state index >= 15 is 0 Å². The number of rotatable bonds is 0. The number of aryl methyl sites for hydroxylation is 2. The molecule has 1 rings (SSSR count). The molecule has 2 nitrogen and oxygen atoms in total. The average Bonchev–Trinajstić information content (AvgIpc) is 2.23. The van der Waals surface area contributed by atoms with Crippen LogP contribution in [-0.2, 0) is 7.05 Å². The van der Waals surface area contributed by atoms with E-state index in [1.54, 1.807) is 4.68 Å². The summed E-state index contributed by atoms with van der Waals surface area (Å²) in [4.78, 5) is 0. The lowest BCUT2D eigenvalue weighted by Gasteiger charge is -2.03. The fourth-order valence-electron chi connectivity index (χ4n) is 1.01. The van der Waals surface area contributed by atoms with Crippen molar-refractivity contribution in [3.05, 3.63) is 16.4 Å². The van der Waals surface area contributed by atoms with Gasteiger partial charge in [0.25, 0.3) is 0 Å². The average molecular weight is 227 g/mol. The van der Waals surface area contributed by atoms with E-state index in [2.05, 4.69) is 36.2 Å². The van der Waals surface area contributed by atoms with Crippen molar-refractivity contribution < 1.29 is 0 Å². The SMILES string of the molecule is Cc1nn(C)c(C#C[Si](C)(C)C)c1Cl. The summed E-state index contributed by atoms with van der Waals surface area (Å²) in [6.07, 6.45) is 0. The predicted molar refractivity (Wildman–Crippen MR) is 63.2 cm³/mol. The Hall–Kier alpha value is -0.723. The van der Waals surface area contributed by atoms with Gasteiger partial charge in [0.1, 0.15) is 13.8 Å². The van der Waals surface area contributed by atoms with Crippen molar-refractivity contribution in [2.24, 2.45) is 7.05 Å². The van der Waals surface area contributed by atoms with Crippen LogP contribution in [0.5, 0.6) is 0 Å². The Morgan fingerprint density at radius 1 is 1.36 bits per heavy atom. The van der Waals surface area contributed by atoms with Gasteiger partial charge in [-0.15, -0.1) is 5.54 Å². The zero-order valence-electron chi connectivity index (χ0n) is 9.27. The second-order valence-corrected chi connectivity index (χ2v) is 9.50. The van der Waals surface area contributed by atoms with Gasteiger partial charge in [-0.1, -0.05) is 37.2 Å². The van der Waals surface area contributed by atoms with Crippen molar-refractivity contribution in [3.8, 4) is 11.5 Å². The highest BCUT2D eigenvalue weighted by molar-refractivity contribution is 6.83. The van der Waals surface area contributed by atoms with E-state index in [1.165, 1.54) is 0 Å². The first-order valence-corrected chi connectivity index (χ1v) is 8.41. The van der Waals surface area contributed by atoms with E-state index in [0.717, 1.165) is 11.4 Å². The number of nitrogens with zero attached hydrogens (tertiary/aromatic N) is 2. The Morgan fingerprint density at radius 2 is 1.93 bits per heavy atom. The topological polar surface area (TPSA) is 17.8 Å². The number of halogens is 1. The molecule has 14 heavy (non-hydrogen) atoms. The monoisotopic (exact) mass is 226 g/mol. The minimum atomic E-state index is -1.34. The molecule has 4 heteroatoms. The number of aromatic nitrogens is 2. The van der Waals surface area contributed by atoms with E-state index < -0.39 is 8.07 Å². The van der Waals surface area contributed by atoms with Gasteiger partial charge in [0.15, 0.2) is 0 Å². The fraction of sp³-hybridized carbons (Fsp3) is 0.500. The van der Waals surface area contributed by atoms with Crippen LogP contribution in [0.4, 0.5) is 0 Å². The van der Waals surface area contributed by atoms with Crippen molar-refractivity contribution in [1.29, 1.82) is 0 Å². The molecule has 0 saturated heterocycles. The van der Waals surface area contributed by atoms with Gasteiger partial charge in [-0.05, 0) is 6.92 Å². The highest BCUT2D eigenvalue weighted by Gasteiger charge is 2.11. The van der Waals surface area contributed by atoms with Crippen molar-refractivity contribution in [2.45, 2.75) is 26.6 Å². The Balaban J connectivity index is 3.13. The lowest BCUT2D eigenvalue weighted by Crippen LogP contribution is -2.16. The summed E-state index contributed by atoms with van der Waals surface area (Å²) in [7, 11) is 0.531. The molecule has 0 N–H and O–H groups in total. The third-order valence-electron chi connectivity index (χ3n) is 1.71. The van der Waals surface area contributed by atoms with Crippen LogP contribution in [0.1, 0.15) is 11.4 Å². The van der Waals surface area contributed by atoms with E-state index in [4.69, 9.17) is 11.6 Å². The molecule has 0 fully saturated rings. The first kappa shape index (κ1) is 11.4. The minimum absolute atomic E-state index is 0.679. The first-order valence-electron chi connectivity index (χ1n) is 4.53. The maximum atomic E-state index is 6.07. The zero-order chi connectivity index (χ0) is 10.9. The van der Waals surface area contributed by atoms with Crippen LogP contribution >= 0.6 is 11.6 Å². The maximum Gasteiger partial charge on any atom is 0.129 e. The van der Waals surface area contributed by atoms with E-state index in [-0.39, 0.29) is 0 Å². The van der Waals surface area contributed by atoms with Crippen molar-refractivity contribution in [2.75, 3.05) is 0 Å². The van der Waals surface area contributed by atoms with Crippen LogP contribution in [0.2, 0.25) is 24.7 Å². The minimum Gasteiger partial charge on any atom is -0.258 e. The van der Waals surface area contributed by atoms with Gasteiger partial charge in [-0.25, -0.2) is 0 Å². The van der Waals surface area contributed by atoms with Crippen LogP contribution < -0.4 is 0 Å². The van der Waals surface area contributed by atoms with E-state index in [0.29, 0.717) is 5.02 Å². The smallest absolute Gasteiger partial charge is 0.129 e. The molecule has 0 aliphatic heterocycles. The van der Waals surface area contributed by atoms with Crippen LogP contribution in [0.25, 0.3) is 0 Å². The quantitative estimate of drug-likeness (QED) is 0.491. The summed E-state index contributed by atoms with van der Waals surface area (Å²) in [5.41, 5.74) is 4.94. The Bertz CT molecular complexity index is 404. The third-order valence-corrected chi connectivity index (χ3v) is 3.03. The van der Waals surface area contributed by atoms with E-state index in [9.17, 15) is 0 Å². The van der Waals surface area contributed by atoms with Gasteiger partial charge in [-0.2, -0.15) is 5.10 Å². The summed E-state index contributed by atoms with van der Waals surface area (Å²) < 4.78 is 1.74. The molecule has 1 aromatic rings. The van der Waals surface area contributed by atoms with E-state index in [1.807, 2.05) is 14.0 Å². The lowest BCUT2D eigenvalue weighted by atomic mass is 10.4. The molecule has 0 spiro atoms. The van der Waals surface area contributed by atoms with Crippen LogP contribution in [-0.4, -0.2) is 17.9 Å². The lowest BCUT2D eigenvalue weighted by molar-refractivity contribution is 0.747. The molecule has 0 bridgehead atoms. The van der Waals surface area contributed by atoms with Gasteiger partial charge in [0, 0.05) is 7.05 Å². The number of hydrogen-bond acceptors (Lipinski definition) is 1. The molecule has 0 aliphatic rings. The molecule has 0 saturated carbocycles. The molecule has 0 amide bonds. The summed E-state index contributed by atoms with van der Waals surface area (Å²) in [5, 5.41) is 4.89. The van der Waals surface area contributed by atoms with Crippen LogP contribution in [0.15, 0.2) is 0 Å². The molecule has 0 radical (unpaired) electrons. The molecule has 1 aromatic heterocycles. The normalized spacial score (nSPS) is 11.0. The van der Waals surface area contributed by atoms with Gasteiger partial charge in [0.05, 0.1) is 10.7 Å². The zero-order valence-corrected chi connectivity index (χ0v) is 11.0. The molecule has 0 unspecified atom stereocenters. The summed E-state index contributed by atoms with van der Waals surface area (Å²) >= 11 is 6.07. The largest absolute Gasteiger partial charge is 0.258 e. The summed E-state index contributed by atoms with van der Waals surface area (Å²) in [6.45, 7) is 8.51. The molecule has 76 valence electrons. The van der Waals surface area contributed by atoms with Crippen molar-refractivity contribution >= 4 is 19.7 Å². The van der Waals surface area contributed by atoms with Gasteiger partial charge in [-0.3, -0.25) is 4.68 Å². The Morgan fingerprint density at radius 3 is 2.29 bits per heavy atom. The highest BCUT2D eigenvalue weighted by Crippen LogP contribution is 2.18. The highest BCUT2D eigenvalue weighted by atomic mass is 35.5. The molecule has 0 aromatic carbocycles. The molecular formula is C10H15ClN2Si. The Kier molecular flexibility index (Phi) is 3.08. The summed E-state index contributed by atoms with van der Waals surface area (Å²) in [5.74, 6) is 3.12. The first-order chi connectivity index (χ1) is 6.31. The van der Waals surface area contributed by atoms with Crippen molar-refractivity contribution in [1.82, 2.24) is 9.78 Å².